The van der Waals surface area contributed by atoms with Gasteiger partial charge in [-0.15, -0.1) is 0 Å². The first-order valence-electron chi connectivity index (χ1n) is 4.65. The fourth-order valence-corrected chi connectivity index (χ4v) is 1.32. The predicted molar refractivity (Wildman–Crippen MR) is 62.7 cm³/mol. The molecule has 1 aromatic carbocycles. The van der Waals surface area contributed by atoms with Crippen molar-refractivity contribution in [3.05, 3.63) is 41.0 Å². The first-order valence-corrected chi connectivity index (χ1v) is 5.03. The fourth-order valence-electron chi connectivity index (χ4n) is 1.19. The molecule has 0 saturated carbocycles. The minimum atomic E-state index is 0.0545. The van der Waals surface area contributed by atoms with Crippen LogP contribution in [-0.2, 0) is 0 Å². The molecule has 0 radical (unpaired) electrons. The molecule has 0 bridgehead atoms. The molecule has 2 rings (SSSR count). The highest BCUT2D eigenvalue weighted by atomic mass is 35.5. The molecule has 0 spiro atoms. The number of aromatic nitrogens is 2. The van der Waals surface area contributed by atoms with Gasteiger partial charge in [0.05, 0.1) is 11.8 Å². The summed E-state index contributed by atoms with van der Waals surface area (Å²) in [5.74, 6) is 0.552. The smallest absolute Gasteiger partial charge is 0.243 e. The number of hydrogen-bond acceptors (Lipinski definition) is 5. The van der Waals surface area contributed by atoms with Gasteiger partial charge in [0.25, 0.3) is 0 Å². The van der Waals surface area contributed by atoms with Gasteiger partial charge in [-0.25, -0.2) is 4.98 Å². The van der Waals surface area contributed by atoms with E-state index in [1.54, 1.807) is 24.3 Å². The molecule has 0 saturated heterocycles. The minimum Gasteiger partial charge on any atom is -0.436 e. The zero-order chi connectivity index (χ0) is 12.3. The highest BCUT2D eigenvalue weighted by Gasteiger charge is 2.09. The molecule has 0 aliphatic heterocycles. The van der Waals surface area contributed by atoms with Crippen LogP contribution in [0.15, 0.2) is 30.5 Å². The van der Waals surface area contributed by atoms with Crippen molar-refractivity contribution in [1.29, 1.82) is 5.26 Å². The lowest BCUT2D eigenvalue weighted by Gasteiger charge is -2.07. The van der Waals surface area contributed by atoms with Crippen molar-refractivity contribution in [3.8, 4) is 17.7 Å². The van der Waals surface area contributed by atoms with Gasteiger partial charge in [0, 0.05) is 0 Å². The highest BCUT2D eigenvalue weighted by Crippen LogP contribution is 2.28. The number of nitriles is 1. The molecule has 84 valence electrons. The summed E-state index contributed by atoms with van der Waals surface area (Å²) in [6, 6.07) is 8.77. The van der Waals surface area contributed by atoms with Gasteiger partial charge in [0.2, 0.25) is 11.8 Å². The molecule has 2 aromatic rings. The Balaban J connectivity index is 2.38. The maximum absolute atomic E-state index is 8.90. The Labute approximate surface area is 102 Å². The molecule has 1 heterocycles. The van der Waals surface area contributed by atoms with Crippen molar-refractivity contribution in [2.75, 3.05) is 5.73 Å². The molecule has 2 N–H and O–H groups in total. The molecule has 0 unspecified atom stereocenters. The first kappa shape index (κ1) is 11.2. The summed E-state index contributed by atoms with van der Waals surface area (Å²) in [6.07, 6.45) is 1.34. The second-order valence-electron chi connectivity index (χ2n) is 3.09. The van der Waals surface area contributed by atoms with E-state index < -0.39 is 0 Å². The van der Waals surface area contributed by atoms with Crippen molar-refractivity contribution < 1.29 is 4.74 Å². The highest BCUT2D eigenvalue weighted by molar-refractivity contribution is 6.31. The van der Waals surface area contributed by atoms with Gasteiger partial charge in [-0.2, -0.15) is 10.2 Å². The lowest BCUT2D eigenvalue weighted by atomic mass is 10.2. The summed E-state index contributed by atoms with van der Waals surface area (Å²) < 4.78 is 5.43. The van der Waals surface area contributed by atoms with Gasteiger partial charge in [0.15, 0.2) is 0 Å². The van der Waals surface area contributed by atoms with Crippen molar-refractivity contribution in [2.24, 2.45) is 0 Å². The number of hydrogen-bond donors (Lipinski definition) is 1. The average molecular weight is 247 g/mol. The van der Waals surface area contributed by atoms with Gasteiger partial charge in [-0.05, 0) is 12.1 Å². The Morgan fingerprint density at radius 2 is 2.12 bits per heavy atom. The van der Waals surface area contributed by atoms with Crippen LogP contribution in [0.25, 0.3) is 0 Å². The van der Waals surface area contributed by atoms with E-state index in [0.29, 0.717) is 11.3 Å². The van der Waals surface area contributed by atoms with Crippen LogP contribution in [0.3, 0.4) is 0 Å². The molecule has 17 heavy (non-hydrogen) atoms. The lowest BCUT2D eigenvalue weighted by Crippen LogP contribution is -1.98. The third-order valence-electron chi connectivity index (χ3n) is 1.94. The maximum atomic E-state index is 8.90. The largest absolute Gasteiger partial charge is 0.436 e. The molecule has 0 aliphatic carbocycles. The Hall–Kier alpha value is -2.32. The molecule has 0 amide bonds. The normalized spacial score (nSPS) is 9.65. The maximum Gasteiger partial charge on any atom is 0.243 e. The van der Waals surface area contributed by atoms with Gasteiger partial charge < -0.3 is 10.5 Å². The number of anilines is 1. The minimum absolute atomic E-state index is 0.0545. The number of benzene rings is 1. The van der Waals surface area contributed by atoms with Crippen molar-refractivity contribution in [2.45, 2.75) is 0 Å². The predicted octanol–water partition coefficient (Wildman–Crippen LogP) is 2.38. The van der Waals surface area contributed by atoms with Crippen LogP contribution in [-0.4, -0.2) is 9.97 Å². The fraction of sp³-hybridized carbons (Fsp3) is 0. The van der Waals surface area contributed by atoms with E-state index in [0.717, 1.165) is 0 Å². The molecule has 1 aromatic heterocycles. The molecule has 0 atom stereocenters. The van der Waals surface area contributed by atoms with Gasteiger partial charge >= 0.3 is 0 Å². The third kappa shape index (κ3) is 2.44. The van der Waals surface area contributed by atoms with Crippen LogP contribution >= 0.6 is 11.6 Å². The van der Waals surface area contributed by atoms with Crippen molar-refractivity contribution in [1.82, 2.24) is 9.97 Å². The average Bonchev–Trinajstić information content (AvgIpc) is 2.34. The first-order chi connectivity index (χ1) is 8.20. The molecule has 6 heteroatoms. The molecule has 0 aliphatic rings. The molecule has 5 nitrogen and oxygen atoms in total. The van der Waals surface area contributed by atoms with Crippen LogP contribution in [0.1, 0.15) is 5.56 Å². The lowest BCUT2D eigenvalue weighted by molar-refractivity contribution is 0.461. The van der Waals surface area contributed by atoms with Gasteiger partial charge in [0.1, 0.15) is 16.8 Å². The third-order valence-corrected chi connectivity index (χ3v) is 2.20. The Kier molecular flexibility index (Phi) is 3.08. The number of ether oxygens (including phenoxy) is 1. The van der Waals surface area contributed by atoms with Gasteiger partial charge in [-0.1, -0.05) is 23.7 Å². The Morgan fingerprint density at radius 3 is 2.88 bits per heavy atom. The standard InChI is InChI=1S/C11H7ClN4O/c12-8-6-15-11(14)16-10(8)17-9-4-2-1-3-7(9)5-13/h1-4,6H,(H2,14,15,16). The summed E-state index contributed by atoms with van der Waals surface area (Å²) in [4.78, 5) is 7.56. The van der Waals surface area contributed by atoms with E-state index in [9.17, 15) is 0 Å². The number of para-hydroxylation sites is 1. The van der Waals surface area contributed by atoms with Gasteiger partial charge in [-0.3, -0.25) is 0 Å². The Morgan fingerprint density at radius 1 is 1.35 bits per heavy atom. The van der Waals surface area contributed by atoms with Crippen molar-refractivity contribution in [3.63, 3.8) is 0 Å². The SMILES string of the molecule is N#Cc1ccccc1Oc1nc(N)ncc1Cl. The van der Waals surface area contributed by atoms with E-state index in [1.165, 1.54) is 6.20 Å². The van der Waals surface area contributed by atoms with E-state index in [-0.39, 0.29) is 16.9 Å². The van der Waals surface area contributed by atoms with Crippen LogP contribution in [0.5, 0.6) is 11.6 Å². The van der Waals surface area contributed by atoms with E-state index in [2.05, 4.69) is 9.97 Å². The number of nitrogen functional groups attached to an aromatic ring is 1. The molecular formula is C11H7ClN4O. The Bertz CT molecular complexity index is 594. The quantitative estimate of drug-likeness (QED) is 0.879. The van der Waals surface area contributed by atoms with E-state index in [1.807, 2.05) is 6.07 Å². The van der Waals surface area contributed by atoms with Crippen LogP contribution in [0.4, 0.5) is 5.95 Å². The van der Waals surface area contributed by atoms with E-state index in [4.69, 9.17) is 27.3 Å². The summed E-state index contributed by atoms with van der Waals surface area (Å²) >= 11 is 5.85. The van der Waals surface area contributed by atoms with E-state index >= 15 is 0 Å². The number of nitrogens with two attached hydrogens (primary N) is 1. The zero-order valence-electron chi connectivity index (χ0n) is 8.59. The summed E-state index contributed by atoms with van der Waals surface area (Å²) in [6.45, 7) is 0. The summed E-state index contributed by atoms with van der Waals surface area (Å²) in [5, 5.41) is 9.13. The van der Waals surface area contributed by atoms with Crippen LogP contribution in [0.2, 0.25) is 5.02 Å². The van der Waals surface area contributed by atoms with Crippen molar-refractivity contribution >= 4 is 17.5 Å². The summed E-state index contributed by atoms with van der Waals surface area (Å²) in [5.41, 5.74) is 5.82. The van der Waals surface area contributed by atoms with Crippen LogP contribution in [0, 0.1) is 11.3 Å². The zero-order valence-corrected chi connectivity index (χ0v) is 9.35. The van der Waals surface area contributed by atoms with Crippen LogP contribution < -0.4 is 10.5 Å². The number of nitrogens with zero attached hydrogens (tertiary/aromatic N) is 3. The number of rotatable bonds is 2. The second kappa shape index (κ2) is 4.68. The summed E-state index contributed by atoms with van der Waals surface area (Å²) in [7, 11) is 0. The second-order valence-corrected chi connectivity index (χ2v) is 3.50. The molecule has 0 fully saturated rings. The number of halogens is 1. The monoisotopic (exact) mass is 246 g/mol. The topological polar surface area (TPSA) is 84.8 Å². The molecular weight excluding hydrogens is 240 g/mol.